The average molecular weight is 287 g/mol. The maximum Gasteiger partial charge on any atom is 0.174 e. The molecule has 0 aliphatic heterocycles. The van der Waals surface area contributed by atoms with Crippen molar-refractivity contribution in [1.29, 1.82) is 0 Å². The number of fused-ring (bicyclic) bond motifs is 1. The second-order valence-electron chi connectivity index (χ2n) is 4.76. The van der Waals surface area contributed by atoms with Gasteiger partial charge in [0, 0.05) is 16.0 Å². The van der Waals surface area contributed by atoms with Crippen LogP contribution in [0.3, 0.4) is 0 Å². The molecule has 0 saturated heterocycles. The molecule has 2 N–H and O–H groups in total. The molecule has 0 bridgehead atoms. The molecule has 0 aliphatic rings. The quantitative estimate of drug-likeness (QED) is 0.787. The fourth-order valence-corrected chi connectivity index (χ4v) is 2.39. The predicted molar refractivity (Wildman–Crippen MR) is 81.8 cm³/mol. The first kappa shape index (κ1) is 13.2. The Morgan fingerprint density at radius 2 is 1.90 bits per heavy atom. The standard InChI is InChI=1S/C16H15ClN2O/c17-13-6-4-12(5-7-13)16-14-10-11(2-1-9-18)3-8-15(14)19-20-16/h3-8,10H,1-2,9,18H2. The van der Waals surface area contributed by atoms with Gasteiger partial charge < -0.3 is 10.3 Å². The summed E-state index contributed by atoms with van der Waals surface area (Å²) in [5, 5.41) is 5.85. The lowest BCUT2D eigenvalue weighted by atomic mass is 10.0. The second kappa shape index (κ2) is 5.65. The van der Waals surface area contributed by atoms with Gasteiger partial charge in [-0.05, 0) is 61.3 Å². The zero-order valence-electron chi connectivity index (χ0n) is 11.0. The fraction of sp³-hybridized carbons (Fsp3) is 0.188. The Balaban J connectivity index is 2.04. The lowest BCUT2D eigenvalue weighted by Crippen LogP contribution is -2.00. The summed E-state index contributed by atoms with van der Waals surface area (Å²) in [4.78, 5) is 0. The molecule has 0 fully saturated rings. The molecule has 3 aromatic rings. The van der Waals surface area contributed by atoms with Crippen molar-refractivity contribution in [2.45, 2.75) is 12.8 Å². The van der Waals surface area contributed by atoms with Crippen molar-refractivity contribution in [3.8, 4) is 11.3 Å². The number of hydrogen-bond donors (Lipinski definition) is 1. The number of aromatic nitrogens is 1. The average Bonchev–Trinajstić information content (AvgIpc) is 2.89. The Labute approximate surface area is 122 Å². The van der Waals surface area contributed by atoms with Crippen LogP contribution >= 0.6 is 11.6 Å². The van der Waals surface area contributed by atoms with Crippen LogP contribution in [0.25, 0.3) is 22.2 Å². The number of rotatable bonds is 4. The number of nitrogens with two attached hydrogens (primary N) is 1. The predicted octanol–water partition coefficient (Wildman–Crippen LogP) is 4.04. The van der Waals surface area contributed by atoms with Crippen LogP contribution in [-0.2, 0) is 6.42 Å². The Kier molecular flexibility index (Phi) is 3.72. The molecule has 20 heavy (non-hydrogen) atoms. The Hall–Kier alpha value is -1.84. The van der Waals surface area contributed by atoms with E-state index < -0.39 is 0 Å². The van der Waals surface area contributed by atoms with E-state index >= 15 is 0 Å². The summed E-state index contributed by atoms with van der Waals surface area (Å²) in [7, 11) is 0. The van der Waals surface area contributed by atoms with Crippen molar-refractivity contribution in [2.24, 2.45) is 5.73 Å². The zero-order chi connectivity index (χ0) is 13.9. The summed E-state index contributed by atoms with van der Waals surface area (Å²) in [6.45, 7) is 0.700. The Morgan fingerprint density at radius 3 is 2.65 bits per heavy atom. The Morgan fingerprint density at radius 1 is 1.10 bits per heavy atom. The van der Waals surface area contributed by atoms with E-state index in [1.165, 1.54) is 5.56 Å². The minimum Gasteiger partial charge on any atom is -0.355 e. The van der Waals surface area contributed by atoms with Gasteiger partial charge in [-0.25, -0.2) is 0 Å². The third-order valence-corrected chi connectivity index (χ3v) is 3.57. The topological polar surface area (TPSA) is 52.0 Å². The maximum atomic E-state index is 5.92. The first-order valence-electron chi connectivity index (χ1n) is 6.62. The molecule has 3 rings (SSSR count). The lowest BCUT2D eigenvalue weighted by molar-refractivity contribution is 0.441. The molecule has 1 heterocycles. The van der Waals surface area contributed by atoms with Crippen LogP contribution in [0.1, 0.15) is 12.0 Å². The summed E-state index contributed by atoms with van der Waals surface area (Å²) in [6, 6.07) is 13.8. The van der Waals surface area contributed by atoms with E-state index in [1.807, 2.05) is 30.3 Å². The van der Waals surface area contributed by atoms with E-state index in [9.17, 15) is 0 Å². The van der Waals surface area contributed by atoms with E-state index in [2.05, 4.69) is 17.3 Å². The van der Waals surface area contributed by atoms with Crippen LogP contribution in [0, 0.1) is 0 Å². The summed E-state index contributed by atoms with van der Waals surface area (Å²) in [5.74, 6) is 0.784. The zero-order valence-corrected chi connectivity index (χ0v) is 11.7. The minimum absolute atomic E-state index is 0.700. The van der Waals surface area contributed by atoms with Crippen molar-refractivity contribution in [2.75, 3.05) is 6.54 Å². The summed E-state index contributed by atoms with van der Waals surface area (Å²) in [6.07, 6.45) is 1.95. The molecule has 4 heteroatoms. The molecule has 0 atom stereocenters. The first-order chi connectivity index (χ1) is 9.78. The number of aryl methyl sites for hydroxylation is 1. The fourth-order valence-electron chi connectivity index (χ4n) is 2.26. The molecular formula is C16H15ClN2O. The smallest absolute Gasteiger partial charge is 0.174 e. The number of hydrogen-bond acceptors (Lipinski definition) is 3. The van der Waals surface area contributed by atoms with Gasteiger partial charge in [0.25, 0.3) is 0 Å². The molecule has 0 radical (unpaired) electrons. The van der Waals surface area contributed by atoms with Crippen LogP contribution in [0.15, 0.2) is 47.0 Å². The van der Waals surface area contributed by atoms with Crippen molar-refractivity contribution in [3.05, 3.63) is 53.1 Å². The highest BCUT2D eigenvalue weighted by Crippen LogP contribution is 2.30. The maximum absolute atomic E-state index is 5.92. The minimum atomic E-state index is 0.700. The van der Waals surface area contributed by atoms with Crippen LogP contribution in [0.4, 0.5) is 0 Å². The van der Waals surface area contributed by atoms with E-state index in [0.717, 1.165) is 35.1 Å². The number of nitrogens with zero attached hydrogens (tertiary/aromatic N) is 1. The van der Waals surface area contributed by atoms with Crippen LogP contribution in [-0.4, -0.2) is 11.7 Å². The molecule has 0 saturated carbocycles. The molecule has 0 unspecified atom stereocenters. The Bertz CT molecular complexity index is 719. The van der Waals surface area contributed by atoms with E-state index in [0.29, 0.717) is 11.6 Å². The normalized spacial score (nSPS) is 11.1. The van der Waals surface area contributed by atoms with Crippen LogP contribution in [0.2, 0.25) is 5.02 Å². The molecule has 2 aromatic carbocycles. The van der Waals surface area contributed by atoms with Gasteiger partial charge in [-0.2, -0.15) is 0 Å². The van der Waals surface area contributed by atoms with E-state index in [1.54, 1.807) is 0 Å². The molecular weight excluding hydrogens is 272 g/mol. The van der Waals surface area contributed by atoms with Crippen molar-refractivity contribution < 1.29 is 4.52 Å². The van der Waals surface area contributed by atoms with Gasteiger partial charge in [0.2, 0.25) is 0 Å². The summed E-state index contributed by atoms with van der Waals surface area (Å²) < 4.78 is 5.48. The van der Waals surface area contributed by atoms with Gasteiger partial charge in [0.15, 0.2) is 5.76 Å². The van der Waals surface area contributed by atoms with Gasteiger partial charge in [0.05, 0.1) is 0 Å². The number of benzene rings is 2. The molecule has 0 spiro atoms. The van der Waals surface area contributed by atoms with Crippen molar-refractivity contribution in [1.82, 2.24) is 5.16 Å². The molecule has 0 amide bonds. The van der Waals surface area contributed by atoms with Gasteiger partial charge in [-0.3, -0.25) is 0 Å². The van der Waals surface area contributed by atoms with Gasteiger partial charge in [-0.15, -0.1) is 0 Å². The monoisotopic (exact) mass is 286 g/mol. The summed E-state index contributed by atoms with van der Waals surface area (Å²) in [5.41, 5.74) is 8.66. The molecule has 0 aliphatic carbocycles. The second-order valence-corrected chi connectivity index (χ2v) is 5.20. The molecule has 1 aromatic heterocycles. The highest BCUT2D eigenvalue weighted by Gasteiger charge is 2.11. The third-order valence-electron chi connectivity index (χ3n) is 3.32. The largest absolute Gasteiger partial charge is 0.355 e. The molecule has 3 nitrogen and oxygen atoms in total. The highest BCUT2D eigenvalue weighted by atomic mass is 35.5. The highest BCUT2D eigenvalue weighted by molar-refractivity contribution is 6.30. The van der Waals surface area contributed by atoms with Gasteiger partial charge >= 0.3 is 0 Å². The van der Waals surface area contributed by atoms with E-state index in [4.69, 9.17) is 21.9 Å². The summed E-state index contributed by atoms with van der Waals surface area (Å²) >= 11 is 5.92. The lowest BCUT2D eigenvalue weighted by Gasteiger charge is -2.01. The van der Waals surface area contributed by atoms with E-state index in [-0.39, 0.29) is 0 Å². The molecule has 102 valence electrons. The van der Waals surface area contributed by atoms with Crippen LogP contribution < -0.4 is 5.73 Å². The van der Waals surface area contributed by atoms with Gasteiger partial charge in [0.1, 0.15) is 5.52 Å². The first-order valence-corrected chi connectivity index (χ1v) is 7.00. The van der Waals surface area contributed by atoms with Crippen LogP contribution in [0.5, 0.6) is 0 Å². The van der Waals surface area contributed by atoms with Gasteiger partial charge in [-0.1, -0.05) is 22.8 Å². The van der Waals surface area contributed by atoms with Crippen molar-refractivity contribution >= 4 is 22.5 Å². The SMILES string of the molecule is NCCCc1ccc2noc(-c3ccc(Cl)cc3)c2c1. The third kappa shape index (κ3) is 2.55. The number of halogens is 1. The van der Waals surface area contributed by atoms with Crippen molar-refractivity contribution in [3.63, 3.8) is 0 Å².